The van der Waals surface area contributed by atoms with Crippen molar-refractivity contribution < 1.29 is 0 Å². The fourth-order valence-electron chi connectivity index (χ4n) is 7.87. The third-order valence-electron chi connectivity index (χ3n) is 11.3. The van der Waals surface area contributed by atoms with Gasteiger partial charge in [-0.05, 0) is 154 Å². The summed E-state index contributed by atoms with van der Waals surface area (Å²) in [6, 6.07) is 47.7. The second-order valence-electron chi connectivity index (χ2n) is 18.7. The molecule has 0 saturated carbocycles. The van der Waals surface area contributed by atoms with Crippen LogP contribution in [0.5, 0.6) is 0 Å². The first kappa shape index (κ1) is 39.1. The molecular weight excluding hydrogens is 800 g/mol. The molecule has 0 N–H and O–H groups in total. The highest BCUT2D eigenvalue weighted by Crippen LogP contribution is 2.52. The third kappa shape index (κ3) is 7.45. The Balaban J connectivity index is 1.44. The zero-order valence-corrected chi connectivity index (χ0v) is 37.4. The van der Waals surface area contributed by atoms with Gasteiger partial charge in [0, 0.05) is 38.3 Å². The molecule has 6 aromatic rings. The van der Waals surface area contributed by atoms with Gasteiger partial charge in [0.05, 0.1) is 10.2 Å². The summed E-state index contributed by atoms with van der Waals surface area (Å²) in [5, 5.41) is 0. The van der Waals surface area contributed by atoms with E-state index in [9.17, 15) is 0 Å². The van der Waals surface area contributed by atoms with Gasteiger partial charge in [-0.25, -0.2) is 0 Å². The lowest BCUT2D eigenvalue weighted by molar-refractivity contribution is 0.589. The lowest BCUT2D eigenvalue weighted by Gasteiger charge is -2.32. The van der Waals surface area contributed by atoms with Crippen molar-refractivity contribution in [1.29, 1.82) is 0 Å². The average Bonchev–Trinajstić information content (AvgIpc) is 3.35. The maximum absolute atomic E-state index is 4.05. The Morgan fingerprint density at radius 3 is 1.44 bits per heavy atom. The van der Waals surface area contributed by atoms with Crippen LogP contribution in [0.25, 0.3) is 11.1 Å². The molecule has 1 aliphatic carbocycles. The summed E-state index contributed by atoms with van der Waals surface area (Å²) in [7, 11) is 0. The summed E-state index contributed by atoms with van der Waals surface area (Å²) in [6.07, 6.45) is 0. The van der Waals surface area contributed by atoms with Crippen LogP contribution in [0.2, 0.25) is 0 Å². The molecule has 0 atom stereocenters. The molecule has 0 saturated heterocycles. The Kier molecular flexibility index (Phi) is 10.0. The largest absolute Gasteiger partial charge is 0.310 e. The lowest BCUT2D eigenvalue weighted by atomic mass is 9.82. The molecule has 0 radical (unpaired) electrons. The van der Waals surface area contributed by atoms with E-state index >= 15 is 0 Å². The summed E-state index contributed by atoms with van der Waals surface area (Å²) in [6.45, 7) is 25.2. The first-order chi connectivity index (χ1) is 25.7. The number of rotatable bonds is 6. The van der Waals surface area contributed by atoms with Crippen LogP contribution in [0, 0.1) is 0 Å². The van der Waals surface area contributed by atoms with E-state index in [0.717, 1.165) is 43.1 Å². The number of hydrogen-bond acceptors (Lipinski definition) is 2. The zero-order chi connectivity index (χ0) is 39.7. The summed E-state index contributed by atoms with van der Waals surface area (Å²) >= 11 is 8.00. The van der Waals surface area contributed by atoms with Crippen LogP contribution in [0.4, 0.5) is 34.1 Å². The van der Waals surface area contributed by atoms with E-state index in [2.05, 4.69) is 245 Å². The molecule has 7 rings (SSSR count). The number of hydrogen-bond donors (Lipinski definition) is 0. The van der Waals surface area contributed by atoms with Gasteiger partial charge in [-0.3, -0.25) is 0 Å². The lowest BCUT2D eigenvalue weighted by Crippen LogP contribution is -2.18. The number of nitrogens with zero attached hydrogens (tertiary/aromatic N) is 2. The van der Waals surface area contributed by atoms with Crippen molar-refractivity contribution in [3.05, 3.63) is 164 Å². The second-order valence-corrected chi connectivity index (χ2v) is 20.4. The molecule has 282 valence electrons. The van der Waals surface area contributed by atoms with Gasteiger partial charge < -0.3 is 9.80 Å². The predicted octanol–water partition coefficient (Wildman–Crippen LogP) is 16.3. The van der Waals surface area contributed by atoms with Gasteiger partial charge in [0.25, 0.3) is 0 Å². The van der Waals surface area contributed by atoms with Crippen LogP contribution in [-0.2, 0) is 21.7 Å². The molecule has 0 fully saturated rings. The van der Waals surface area contributed by atoms with Crippen molar-refractivity contribution in [2.45, 2.75) is 97.8 Å². The summed E-state index contributed by atoms with van der Waals surface area (Å²) in [5.74, 6) is 0. The van der Waals surface area contributed by atoms with E-state index in [1.54, 1.807) is 0 Å². The maximum atomic E-state index is 4.05. The van der Waals surface area contributed by atoms with Crippen molar-refractivity contribution >= 4 is 66.0 Å². The Morgan fingerprint density at radius 1 is 0.418 bits per heavy atom. The van der Waals surface area contributed by atoms with Gasteiger partial charge in [-0.1, -0.05) is 137 Å². The smallest absolute Gasteiger partial charge is 0.0618 e. The highest BCUT2D eigenvalue weighted by Gasteiger charge is 2.36. The van der Waals surface area contributed by atoms with E-state index in [4.69, 9.17) is 0 Å². The van der Waals surface area contributed by atoms with Gasteiger partial charge in [0.15, 0.2) is 0 Å². The van der Waals surface area contributed by atoms with Crippen LogP contribution < -0.4 is 9.80 Å². The van der Waals surface area contributed by atoms with E-state index in [1.807, 2.05) is 0 Å². The Labute approximate surface area is 346 Å². The first-order valence-corrected chi connectivity index (χ1v) is 21.0. The summed E-state index contributed by atoms with van der Waals surface area (Å²) < 4.78 is 2.05. The number of halogens is 2. The van der Waals surface area contributed by atoms with E-state index < -0.39 is 0 Å². The van der Waals surface area contributed by atoms with Crippen LogP contribution in [0.1, 0.15) is 104 Å². The molecule has 4 heteroatoms. The van der Waals surface area contributed by atoms with Gasteiger partial charge >= 0.3 is 0 Å². The molecule has 1 aliphatic rings. The van der Waals surface area contributed by atoms with Gasteiger partial charge in [-0.2, -0.15) is 0 Å². The Bertz CT molecular complexity index is 2310. The van der Waals surface area contributed by atoms with Crippen molar-refractivity contribution in [2.75, 3.05) is 9.80 Å². The van der Waals surface area contributed by atoms with Crippen molar-refractivity contribution in [1.82, 2.24) is 0 Å². The Morgan fingerprint density at radius 2 is 0.891 bits per heavy atom. The van der Waals surface area contributed by atoms with Crippen LogP contribution in [0.15, 0.2) is 136 Å². The molecule has 55 heavy (non-hydrogen) atoms. The molecule has 6 aromatic carbocycles. The minimum atomic E-state index is -0.129. The van der Waals surface area contributed by atoms with Gasteiger partial charge in [-0.15, -0.1) is 0 Å². The summed E-state index contributed by atoms with van der Waals surface area (Å²) in [4.78, 5) is 4.82. The topological polar surface area (TPSA) is 6.48 Å². The van der Waals surface area contributed by atoms with Crippen LogP contribution >= 0.6 is 31.9 Å². The second kappa shape index (κ2) is 14.1. The van der Waals surface area contributed by atoms with E-state index in [1.165, 1.54) is 38.9 Å². The molecule has 0 aliphatic heterocycles. The van der Waals surface area contributed by atoms with E-state index in [0.29, 0.717) is 0 Å². The molecule has 2 nitrogen and oxygen atoms in total. The number of benzene rings is 6. The first-order valence-electron chi connectivity index (χ1n) is 19.4. The molecule has 0 spiro atoms. The minimum absolute atomic E-state index is 0.0533. The summed E-state index contributed by atoms with van der Waals surface area (Å²) in [5.41, 5.74) is 15.8. The maximum Gasteiger partial charge on any atom is 0.0618 e. The third-order valence-corrected chi connectivity index (χ3v) is 13.3. The minimum Gasteiger partial charge on any atom is -0.310 e. The quantitative estimate of drug-likeness (QED) is 0.165. The van der Waals surface area contributed by atoms with E-state index in [-0.39, 0.29) is 21.7 Å². The Hall–Kier alpha value is -4.12. The fraction of sp³-hybridized carbons (Fsp3) is 0.294. The number of fused-ring (bicyclic) bond motifs is 3. The molecule has 0 aromatic heterocycles. The number of anilines is 6. The highest BCUT2D eigenvalue weighted by molar-refractivity contribution is 9.13. The SMILES string of the molecule is CC(C)(C)c1ccc(N(c2ccc(C(C)(C)C)cc2)c2cccc(N(c3ccc4c(c3)C(C)(C)c3ccccc3-4)c3cc(C(C)(C)C)cc(Br)c3Br)c2)cc1. The monoisotopic (exact) mass is 852 g/mol. The normalized spacial score (nSPS) is 13.7. The van der Waals surface area contributed by atoms with Gasteiger partial charge in [0.1, 0.15) is 0 Å². The highest BCUT2D eigenvalue weighted by atomic mass is 79.9. The molecule has 0 heterocycles. The van der Waals surface area contributed by atoms with Crippen LogP contribution in [0.3, 0.4) is 0 Å². The van der Waals surface area contributed by atoms with Crippen molar-refractivity contribution in [3.63, 3.8) is 0 Å². The van der Waals surface area contributed by atoms with Crippen molar-refractivity contribution in [2.24, 2.45) is 0 Å². The zero-order valence-electron chi connectivity index (χ0n) is 34.3. The molecule has 0 unspecified atom stereocenters. The average molecular weight is 855 g/mol. The predicted molar refractivity (Wildman–Crippen MR) is 245 cm³/mol. The van der Waals surface area contributed by atoms with Gasteiger partial charge in [0.2, 0.25) is 0 Å². The molecular formula is C51H54Br2N2. The standard InChI is InChI=1S/C51H54Br2N2/c1-48(2,3)33-19-23-36(24-20-33)54(37-25-21-34(22-26-37)49(4,5)6)38-15-14-16-39(31-38)55(46-30-35(50(7,8)9)29-45(52)47(46)53)40-27-28-42-41-17-12-13-18-43(41)51(10,11)44(42)32-40/h12-32H,1-11H3. The van der Waals surface area contributed by atoms with Crippen molar-refractivity contribution in [3.8, 4) is 11.1 Å². The molecule has 0 bridgehead atoms. The molecule has 0 amide bonds. The fourth-order valence-corrected chi connectivity index (χ4v) is 8.72. The van der Waals surface area contributed by atoms with Crippen LogP contribution in [-0.4, -0.2) is 0 Å².